The van der Waals surface area contributed by atoms with Gasteiger partial charge in [-0.3, -0.25) is 4.79 Å². The minimum absolute atomic E-state index is 0.0307. The van der Waals surface area contributed by atoms with Crippen LogP contribution in [0.1, 0.15) is 18.9 Å². The molecule has 0 aliphatic heterocycles. The van der Waals surface area contributed by atoms with Gasteiger partial charge in [0.25, 0.3) is 0 Å². The van der Waals surface area contributed by atoms with E-state index in [2.05, 4.69) is 5.32 Å². The van der Waals surface area contributed by atoms with Gasteiger partial charge in [0, 0.05) is 18.7 Å². The number of carbonyl (C=O) groups is 1. The summed E-state index contributed by atoms with van der Waals surface area (Å²) in [4.78, 5) is 14.0. The summed E-state index contributed by atoms with van der Waals surface area (Å²) in [6, 6.07) is 9.93. The van der Waals surface area contributed by atoms with E-state index in [9.17, 15) is 4.79 Å². The molecular weight excluding hydrogens is 224 g/mol. The highest BCUT2D eigenvalue weighted by molar-refractivity contribution is 5.97. The van der Waals surface area contributed by atoms with Crippen LogP contribution in [0.3, 0.4) is 0 Å². The van der Waals surface area contributed by atoms with Crippen molar-refractivity contribution in [1.82, 2.24) is 10.2 Å². The summed E-state index contributed by atoms with van der Waals surface area (Å²) in [5.74, 6) is 0.0307. The van der Waals surface area contributed by atoms with Crippen LogP contribution in [-0.4, -0.2) is 38.0 Å². The van der Waals surface area contributed by atoms with E-state index in [1.807, 2.05) is 62.3 Å². The van der Waals surface area contributed by atoms with Crippen LogP contribution < -0.4 is 5.32 Å². The van der Waals surface area contributed by atoms with Crippen LogP contribution in [0.2, 0.25) is 0 Å². The first-order valence-electron chi connectivity index (χ1n) is 6.32. The molecule has 0 atom stereocenters. The summed E-state index contributed by atoms with van der Waals surface area (Å²) in [5.41, 5.74) is 1.89. The van der Waals surface area contributed by atoms with Gasteiger partial charge in [-0.1, -0.05) is 37.3 Å². The molecule has 0 aliphatic carbocycles. The Kier molecular flexibility index (Phi) is 6.15. The predicted molar refractivity (Wildman–Crippen MR) is 76.3 cm³/mol. The topological polar surface area (TPSA) is 32.3 Å². The second-order valence-electron chi connectivity index (χ2n) is 4.49. The number of nitrogens with one attached hydrogen (secondary N) is 1. The van der Waals surface area contributed by atoms with Gasteiger partial charge < -0.3 is 10.2 Å². The van der Waals surface area contributed by atoms with E-state index in [1.54, 1.807) is 0 Å². The summed E-state index contributed by atoms with van der Waals surface area (Å²) in [5, 5.41) is 2.94. The molecule has 0 saturated carbocycles. The summed E-state index contributed by atoms with van der Waals surface area (Å²) in [6.45, 7) is 3.53. The Balaban J connectivity index is 2.60. The van der Waals surface area contributed by atoms with Crippen molar-refractivity contribution in [3.8, 4) is 0 Å². The van der Waals surface area contributed by atoms with Crippen molar-refractivity contribution in [2.75, 3.05) is 27.2 Å². The van der Waals surface area contributed by atoms with E-state index in [0.29, 0.717) is 6.54 Å². The van der Waals surface area contributed by atoms with E-state index in [0.717, 1.165) is 24.1 Å². The molecule has 0 fully saturated rings. The average Bonchev–Trinajstić information content (AvgIpc) is 2.36. The van der Waals surface area contributed by atoms with E-state index in [1.165, 1.54) is 0 Å². The lowest BCUT2D eigenvalue weighted by Gasteiger charge is -2.11. The van der Waals surface area contributed by atoms with Gasteiger partial charge in [-0.05, 0) is 32.2 Å². The summed E-state index contributed by atoms with van der Waals surface area (Å²) >= 11 is 0. The van der Waals surface area contributed by atoms with Crippen molar-refractivity contribution in [2.24, 2.45) is 0 Å². The second-order valence-corrected chi connectivity index (χ2v) is 4.49. The standard InChI is InChI=1S/C15H22N2O/c1-4-14(12-13-8-6-5-7-9-13)15(18)16-10-11-17(2)3/h5-9,12H,4,10-11H2,1-3H3,(H,16,18)/b14-12+. The van der Waals surface area contributed by atoms with Gasteiger partial charge in [0.2, 0.25) is 5.91 Å². The van der Waals surface area contributed by atoms with Crippen LogP contribution in [0.25, 0.3) is 6.08 Å². The number of amides is 1. The number of rotatable bonds is 6. The fourth-order valence-electron chi connectivity index (χ4n) is 1.59. The van der Waals surface area contributed by atoms with Crippen LogP contribution >= 0.6 is 0 Å². The first-order valence-corrected chi connectivity index (χ1v) is 6.32. The Morgan fingerprint density at radius 1 is 1.28 bits per heavy atom. The molecule has 0 radical (unpaired) electrons. The molecular formula is C15H22N2O. The molecule has 1 aromatic carbocycles. The van der Waals surface area contributed by atoms with Crippen molar-refractivity contribution >= 4 is 12.0 Å². The number of nitrogens with zero attached hydrogens (tertiary/aromatic N) is 1. The first kappa shape index (κ1) is 14.5. The Hall–Kier alpha value is -1.61. The van der Waals surface area contributed by atoms with Crippen LogP contribution in [0.15, 0.2) is 35.9 Å². The molecule has 1 amide bonds. The summed E-state index contributed by atoms with van der Waals surface area (Å²) in [7, 11) is 3.99. The van der Waals surface area contributed by atoms with Gasteiger partial charge in [0.15, 0.2) is 0 Å². The zero-order valence-electron chi connectivity index (χ0n) is 11.4. The Labute approximate surface area is 109 Å². The summed E-state index contributed by atoms with van der Waals surface area (Å²) < 4.78 is 0. The molecule has 0 spiro atoms. The molecule has 0 aromatic heterocycles. The molecule has 0 saturated heterocycles. The predicted octanol–water partition coefficient (Wildman–Crippen LogP) is 2.16. The lowest BCUT2D eigenvalue weighted by atomic mass is 10.1. The number of likely N-dealkylation sites (N-methyl/N-ethyl adjacent to an activating group) is 1. The van der Waals surface area contributed by atoms with Gasteiger partial charge in [-0.25, -0.2) is 0 Å². The Morgan fingerprint density at radius 3 is 2.50 bits per heavy atom. The second kappa shape index (κ2) is 7.67. The highest BCUT2D eigenvalue weighted by Gasteiger charge is 2.06. The van der Waals surface area contributed by atoms with Gasteiger partial charge in [-0.15, -0.1) is 0 Å². The normalized spacial score (nSPS) is 11.7. The number of benzene rings is 1. The monoisotopic (exact) mass is 246 g/mol. The van der Waals surface area contributed by atoms with E-state index in [4.69, 9.17) is 0 Å². The fraction of sp³-hybridized carbons (Fsp3) is 0.400. The zero-order chi connectivity index (χ0) is 13.4. The average molecular weight is 246 g/mol. The third-order valence-electron chi connectivity index (χ3n) is 2.66. The third-order valence-corrected chi connectivity index (χ3v) is 2.66. The molecule has 1 N–H and O–H groups in total. The molecule has 1 rings (SSSR count). The van der Waals surface area contributed by atoms with Crippen LogP contribution in [0, 0.1) is 0 Å². The minimum Gasteiger partial charge on any atom is -0.351 e. The molecule has 0 bridgehead atoms. The molecule has 98 valence electrons. The van der Waals surface area contributed by atoms with Crippen LogP contribution in [0.4, 0.5) is 0 Å². The SMILES string of the molecule is CC/C(=C\c1ccccc1)C(=O)NCCN(C)C. The fourth-order valence-corrected chi connectivity index (χ4v) is 1.59. The maximum atomic E-state index is 12.0. The lowest BCUT2D eigenvalue weighted by molar-refractivity contribution is -0.117. The van der Waals surface area contributed by atoms with Gasteiger partial charge in [0.05, 0.1) is 0 Å². The van der Waals surface area contributed by atoms with Gasteiger partial charge in [-0.2, -0.15) is 0 Å². The third kappa shape index (κ3) is 5.15. The molecule has 0 unspecified atom stereocenters. The molecule has 1 aromatic rings. The molecule has 0 aliphatic rings. The summed E-state index contributed by atoms with van der Waals surface area (Å²) in [6.07, 6.45) is 2.69. The van der Waals surface area contributed by atoms with Crippen molar-refractivity contribution in [3.05, 3.63) is 41.5 Å². The molecule has 3 heteroatoms. The van der Waals surface area contributed by atoms with E-state index >= 15 is 0 Å². The maximum absolute atomic E-state index is 12.0. The van der Waals surface area contributed by atoms with Gasteiger partial charge in [0.1, 0.15) is 0 Å². The van der Waals surface area contributed by atoms with Crippen LogP contribution in [-0.2, 0) is 4.79 Å². The number of hydrogen-bond donors (Lipinski definition) is 1. The van der Waals surface area contributed by atoms with E-state index < -0.39 is 0 Å². The Morgan fingerprint density at radius 2 is 1.94 bits per heavy atom. The minimum atomic E-state index is 0.0307. The lowest BCUT2D eigenvalue weighted by Crippen LogP contribution is -2.32. The Bertz CT molecular complexity index is 396. The largest absolute Gasteiger partial charge is 0.351 e. The van der Waals surface area contributed by atoms with Gasteiger partial charge >= 0.3 is 0 Å². The van der Waals surface area contributed by atoms with Crippen molar-refractivity contribution in [3.63, 3.8) is 0 Å². The molecule has 18 heavy (non-hydrogen) atoms. The maximum Gasteiger partial charge on any atom is 0.247 e. The quantitative estimate of drug-likeness (QED) is 0.780. The highest BCUT2D eigenvalue weighted by atomic mass is 16.1. The molecule has 3 nitrogen and oxygen atoms in total. The number of hydrogen-bond acceptors (Lipinski definition) is 2. The molecule has 0 heterocycles. The van der Waals surface area contributed by atoms with E-state index in [-0.39, 0.29) is 5.91 Å². The first-order chi connectivity index (χ1) is 8.63. The van der Waals surface area contributed by atoms with Crippen molar-refractivity contribution < 1.29 is 4.79 Å². The smallest absolute Gasteiger partial charge is 0.247 e. The number of carbonyl (C=O) groups excluding carboxylic acids is 1. The highest BCUT2D eigenvalue weighted by Crippen LogP contribution is 2.09. The van der Waals surface area contributed by atoms with Crippen molar-refractivity contribution in [2.45, 2.75) is 13.3 Å². The van der Waals surface area contributed by atoms with Crippen molar-refractivity contribution in [1.29, 1.82) is 0 Å². The van der Waals surface area contributed by atoms with Crippen LogP contribution in [0.5, 0.6) is 0 Å². The zero-order valence-corrected chi connectivity index (χ0v) is 11.4.